The molecule has 0 saturated carbocycles. The van der Waals surface area contributed by atoms with Gasteiger partial charge in [0.25, 0.3) is 0 Å². The first kappa shape index (κ1) is 15.7. The predicted octanol–water partition coefficient (Wildman–Crippen LogP) is 3.51. The van der Waals surface area contributed by atoms with Gasteiger partial charge in [0.05, 0.1) is 5.75 Å². The maximum absolute atomic E-state index is 12.2. The van der Waals surface area contributed by atoms with Crippen LogP contribution in [-0.2, 0) is 21.3 Å². The Morgan fingerprint density at radius 3 is 2.35 bits per heavy atom. The predicted molar refractivity (Wildman–Crippen MR) is 87.5 cm³/mol. The monoisotopic (exact) mass is 348 g/mol. The Bertz CT molecular complexity index is 891. The Morgan fingerprint density at radius 1 is 0.957 bits per heavy atom. The molecule has 0 amide bonds. The first-order valence-corrected chi connectivity index (χ1v) is 9.05. The highest BCUT2D eigenvalue weighted by Gasteiger charge is 2.18. The average Bonchev–Trinajstić information content (AvgIpc) is 2.96. The van der Waals surface area contributed by atoms with Crippen LogP contribution in [0.3, 0.4) is 0 Å². The molecule has 0 atom stereocenters. The Hall–Kier alpha value is -2.18. The minimum Gasteiger partial charge on any atom is -0.338 e. The molecule has 0 aliphatic heterocycles. The van der Waals surface area contributed by atoms with Crippen LogP contribution in [0.2, 0.25) is 5.02 Å². The molecule has 1 aromatic heterocycles. The molecule has 0 aliphatic carbocycles. The highest BCUT2D eigenvalue weighted by atomic mass is 35.5. The third-order valence-electron chi connectivity index (χ3n) is 3.14. The fourth-order valence-electron chi connectivity index (χ4n) is 2.10. The van der Waals surface area contributed by atoms with E-state index in [0.29, 0.717) is 16.4 Å². The third-order valence-corrected chi connectivity index (χ3v) is 4.86. The standard InChI is InChI=1S/C16H13ClN2O3S/c17-14-8-6-13(7-9-14)16-18-15(22-19-16)11-23(20,21)10-12-4-2-1-3-5-12/h1-9H,10-11H2. The Morgan fingerprint density at radius 2 is 1.65 bits per heavy atom. The van der Waals surface area contributed by atoms with Crippen LogP contribution in [0.15, 0.2) is 59.1 Å². The van der Waals surface area contributed by atoms with Gasteiger partial charge in [-0.05, 0) is 29.8 Å². The molecule has 3 aromatic rings. The molecule has 0 saturated heterocycles. The molecule has 5 nitrogen and oxygen atoms in total. The van der Waals surface area contributed by atoms with Crippen LogP contribution in [0.25, 0.3) is 11.4 Å². The zero-order valence-corrected chi connectivity index (χ0v) is 13.6. The number of benzene rings is 2. The number of hydrogen-bond donors (Lipinski definition) is 0. The lowest BCUT2D eigenvalue weighted by Crippen LogP contribution is -2.07. The molecule has 0 spiro atoms. The molecule has 23 heavy (non-hydrogen) atoms. The molecule has 2 aromatic carbocycles. The third kappa shape index (κ3) is 4.18. The average molecular weight is 349 g/mol. The Labute approximate surface area is 138 Å². The first-order valence-electron chi connectivity index (χ1n) is 6.85. The van der Waals surface area contributed by atoms with E-state index in [1.807, 2.05) is 6.07 Å². The summed E-state index contributed by atoms with van der Waals surface area (Å²) in [6, 6.07) is 15.9. The topological polar surface area (TPSA) is 73.1 Å². The van der Waals surface area contributed by atoms with Gasteiger partial charge in [0.2, 0.25) is 11.7 Å². The summed E-state index contributed by atoms with van der Waals surface area (Å²) in [4.78, 5) is 4.14. The minimum atomic E-state index is -3.38. The van der Waals surface area contributed by atoms with Crippen LogP contribution in [-0.4, -0.2) is 18.6 Å². The van der Waals surface area contributed by atoms with Crippen molar-refractivity contribution in [3.63, 3.8) is 0 Å². The normalized spacial score (nSPS) is 11.5. The van der Waals surface area contributed by atoms with Crippen molar-refractivity contribution in [2.24, 2.45) is 0 Å². The second-order valence-corrected chi connectivity index (χ2v) is 7.54. The van der Waals surface area contributed by atoms with Crippen molar-refractivity contribution in [3.8, 4) is 11.4 Å². The first-order chi connectivity index (χ1) is 11.0. The van der Waals surface area contributed by atoms with Gasteiger partial charge < -0.3 is 4.52 Å². The smallest absolute Gasteiger partial charge is 0.242 e. The summed E-state index contributed by atoms with van der Waals surface area (Å²) in [6.07, 6.45) is 0. The lowest BCUT2D eigenvalue weighted by atomic mass is 10.2. The summed E-state index contributed by atoms with van der Waals surface area (Å²) in [7, 11) is -3.38. The van der Waals surface area contributed by atoms with Crippen molar-refractivity contribution in [2.75, 3.05) is 0 Å². The largest absolute Gasteiger partial charge is 0.338 e. The molecule has 7 heteroatoms. The molecule has 0 bridgehead atoms. The number of nitrogens with zero attached hydrogens (tertiary/aromatic N) is 2. The lowest BCUT2D eigenvalue weighted by Gasteiger charge is -2.01. The summed E-state index contributed by atoms with van der Waals surface area (Å²) >= 11 is 5.82. The van der Waals surface area contributed by atoms with Gasteiger partial charge in [-0.2, -0.15) is 4.98 Å². The Kier molecular flexibility index (Phi) is 4.45. The van der Waals surface area contributed by atoms with Crippen LogP contribution in [0.4, 0.5) is 0 Å². The molecule has 0 fully saturated rings. The van der Waals surface area contributed by atoms with E-state index in [9.17, 15) is 8.42 Å². The second kappa shape index (κ2) is 6.52. The van der Waals surface area contributed by atoms with E-state index >= 15 is 0 Å². The molecule has 118 valence electrons. The lowest BCUT2D eigenvalue weighted by molar-refractivity contribution is 0.389. The Balaban J connectivity index is 1.74. The number of halogens is 1. The van der Waals surface area contributed by atoms with Gasteiger partial charge in [0, 0.05) is 10.6 Å². The summed E-state index contributed by atoms with van der Waals surface area (Å²) in [5.41, 5.74) is 1.44. The minimum absolute atomic E-state index is 0.0630. The van der Waals surface area contributed by atoms with Gasteiger partial charge in [-0.3, -0.25) is 0 Å². The van der Waals surface area contributed by atoms with Gasteiger partial charge in [-0.1, -0.05) is 47.1 Å². The highest BCUT2D eigenvalue weighted by Crippen LogP contribution is 2.20. The molecular weight excluding hydrogens is 336 g/mol. The van der Waals surface area contributed by atoms with Crippen molar-refractivity contribution in [3.05, 3.63) is 71.1 Å². The summed E-state index contributed by atoms with van der Waals surface area (Å²) in [5, 5.41) is 4.41. The summed E-state index contributed by atoms with van der Waals surface area (Å²) in [6.45, 7) is 0. The van der Waals surface area contributed by atoms with Crippen LogP contribution in [0.1, 0.15) is 11.5 Å². The fourth-order valence-corrected chi connectivity index (χ4v) is 3.52. The maximum atomic E-state index is 12.2. The zero-order chi connectivity index (χ0) is 16.3. The molecule has 0 radical (unpaired) electrons. The molecule has 1 heterocycles. The molecule has 0 aliphatic rings. The number of sulfone groups is 1. The van der Waals surface area contributed by atoms with E-state index in [-0.39, 0.29) is 17.4 Å². The highest BCUT2D eigenvalue weighted by molar-refractivity contribution is 7.89. The fraction of sp³-hybridized carbons (Fsp3) is 0.125. The van der Waals surface area contributed by atoms with Gasteiger partial charge in [0.1, 0.15) is 5.75 Å². The van der Waals surface area contributed by atoms with Gasteiger partial charge in [-0.25, -0.2) is 8.42 Å². The number of rotatable bonds is 5. The van der Waals surface area contributed by atoms with E-state index in [0.717, 1.165) is 5.56 Å². The van der Waals surface area contributed by atoms with Gasteiger partial charge >= 0.3 is 0 Å². The van der Waals surface area contributed by atoms with E-state index in [2.05, 4.69) is 10.1 Å². The van der Waals surface area contributed by atoms with Crippen LogP contribution in [0, 0.1) is 0 Å². The molecule has 0 unspecified atom stereocenters. The van der Waals surface area contributed by atoms with E-state index < -0.39 is 9.84 Å². The maximum Gasteiger partial charge on any atom is 0.242 e. The van der Waals surface area contributed by atoms with Crippen molar-refractivity contribution >= 4 is 21.4 Å². The van der Waals surface area contributed by atoms with E-state index in [1.54, 1.807) is 48.5 Å². The van der Waals surface area contributed by atoms with E-state index in [4.69, 9.17) is 16.1 Å². The molecule has 0 N–H and O–H groups in total. The summed E-state index contributed by atoms with van der Waals surface area (Å²) in [5.74, 6) is 0.0621. The van der Waals surface area contributed by atoms with E-state index in [1.165, 1.54) is 0 Å². The van der Waals surface area contributed by atoms with Crippen LogP contribution < -0.4 is 0 Å². The SMILES string of the molecule is O=S(=O)(Cc1ccccc1)Cc1nc(-c2ccc(Cl)cc2)no1. The van der Waals surface area contributed by atoms with Gasteiger partial charge in [0.15, 0.2) is 9.84 Å². The van der Waals surface area contributed by atoms with Crippen molar-refractivity contribution in [1.29, 1.82) is 0 Å². The zero-order valence-electron chi connectivity index (χ0n) is 12.0. The van der Waals surface area contributed by atoms with Gasteiger partial charge in [-0.15, -0.1) is 0 Å². The molecular formula is C16H13ClN2O3S. The quantitative estimate of drug-likeness (QED) is 0.705. The van der Waals surface area contributed by atoms with Crippen molar-refractivity contribution in [1.82, 2.24) is 10.1 Å². The molecule has 3 rings (SSSR count). The van der Waals surface area contributed by atoms with Crippen molar-refractivity contribution < 1.29 is 12.9 Å². The van der Waals surface area contributed by atoms with Crippen LogP contribution >= 0.6 is 11.6 Å². The summed E-state index contributed by atoms with van der Waals surface area (Å²) < 4.78 is 29.5. The van der Waals surface area contributed by atoms with Crippen LogP contribution in [0.5, 0.6) is 0 Å². The van der Waals surface area contributed by atoms with Crippen molar-refractivity contribution in [2.45, 2.75) is 11.5 Å². The number of aromatic nitrogens is 2. The number of hydrogen-bond acceptors (Lipinski definition) is 5. The second-order valence-electron chi connectivity index (χ2n) is 5.04.